The van der Waals surface area contributed by atoms with Crippen LogP contribution in [0.2, 0.25) is 5.02 Å². The van der Waals surface area contributed by atoms with Crippen molar-refractivity contribution in [3.05, 3.63) is 52.8 Å². The number of rotatable bonds is 2. The molecule has 3 heterocycles. The van der Waals surface area contributed by atoms with E-state index in [0.29, 0.717) is 17.3 Å². The van der Waals surface area contributed by atoms with E-state index in [0.717, 1.165) is 35.6 Å². The van der Waals surface area contributed by atoms with E-state index in [2.05, 4.69) is 46.0 Å². The number of amides is 1. The number of halogens is 1. The van der Waals surface area contributed by atoms with Crippen molar-refractivity contribution in [2.24, 2.45) is 0 Å². The van der Waals surface area contributed by atoms with Crippen LogP contribution in [0.4, 0.5) is 0 Å². The van der Waals surface area contributed by atoms with Crippen molar-refractivity contribution in [3.63, 3.8) is 0 Å². The van der Waals surface area contributed by atoms with Crippen LogP contribution in [0.1, 0.15) is 50.7 Å². The van der Waals surface area contributed by atoms with Gasteiger partial charge in [-0.2, -0.15) is 5.10 Å². The van der Waals surface area contributed by atoms with Crippen LogP contribution in [-0.4, -0.2) is 50.6 Å². The van der Waals surface area contributed by atoms with Crippen molar-refractivity contribution in [1.82, 2.24) is 24.8 Å². The summed E-state index contributed by atoms with van der Waals surface area (Å²) in [7, 11) is 0. The smallest absolute Gasteiger partial charge is 0.274 e. The molecule has 1 aliphatic heterocycles. The molecule has 1 N–H and O–H groups in total. The molecular weight excluding hydrogens is 398 g/mol. The Balaban J connectivity index is 1.83. The molecule has 30 heavy (non-hydrogen) atoms. The Morgan fingerprint density at radius 1 is 1.20 bits per heavy atom. The van der Waals surface area contributed by atoms with E-state index >= 15 is 0 Å². The van der Waals surface area contributed by atoms with Gasteiger partial charge >= 0.3 is 0 Å². The zero-order valence-corrected chi connectivity index (χ0v) is 18.9. The molecule has 0 spiro atoms. The molecule has 3 aromatic rings. The highest BCUT2D eigenvalue weighted by molar-refractivity contribution is 6.30. The number of aromatic nitrogens is 3. The van der Waals surface area contributed by atoms with Crippen molar-refractivity contribution in [1.29, 1.82) is 0 Å². The second kappa shape index (κ2) is 7.36. The van der Waals surface area contributed by atoms with Gasteiger partial charge in [0.15, 0.2) is 5.65 Å². The first-order valence-electron chi connectivity index (χ1n) is 10.3. The summed E-state index contributed by atoms with van der Waals surface area (Å²) in [6.45, 7) is 12.8. The fourth-order valence-electron chi connectivity index (χ4n) is 3.89. The first kappa shape index (κ1) is 20.8. The van der Waals surface area contributed by atoms with Gasteiger partial charge in [0.05, 0.1) is 17.4 Å². The van der Waals surface area contributed by atoms with Gasteiger partial charge in [0.2, 0.25) is 0 Å². The Labute approximate surface area is 182 Å². The van der Waals surface area contributed by atoms with E-state index in [1.54, 1.807) is 10.7 Å². The van der Waals surface area contributed by atoms with Crippen LogP contribution < -0.4 is 5.32 Å². The number of nitrogens with zero attached hydrogens (tertiary/aromatic N) is 4. The second-order valence-corrected chi connectivity index (χ2v) is 9.98. The number of carbonyl (C=O) groups excluding carboxylic acids is 1. The molecule has 158 valence electrons. The van der Waals surface area contributed by atoms with Gasteiger partial charge in [-0.15, -0.1) is 0 Å². The van der Waals surface area contributed by atoms with E-state index in [9.17, 15) is 4.79 Å². The molecule has 1 saturated heterocycles. The first-order valence-corrected chi connectivity index (χ1v) is 10.6. The monoisotopic (exact) mass is 425 g/mol. The zero-order valence-electron chi connectivity index (χ0n) is 18.2. The van der Waals surface area contributed by atoms with Gasteiger partial charge in [0, 0.05) is 35.8 Å². The largest absolute Gasteiger partial charge is 0.330 e. The summed E-state index contributed by atoms with van der Waals surface area (Å²) in [6.07, 6.45) is 1.75. The predicted molar refractivity (Wildman–Crippen MR) is 120 cm³/mol. The average Bonchev–Trinajstić information content (AvgIpc) is 3.10. The van der Waals surface area contributed by atoms with Crippen LogP contribution >= 0.6 is 11.6 Å². The molecule has 0 bridgehead atoms. The third-order valence-electron chi connectivity index (χ3n) is 5.64. The summed E-state index contributed by atoms with van der Waals surface area (Å²) in [5.74, 6) is -0.0556. The van der Waals surface area contributed by atoms with Crippen LogP contribution in [0.3, 0.4) is 0 Å². The SMILES string of the molecule is CC(C)(C)c1cc(-c2ccc(Cl)cc2)nn2cc(C(=O)N3CCNCC3(C)C)nc12. The Kier molecular flexibility index (Phi) is 5.11. The lowest BCUT2D eigenvalue weighted by atomic mass is 9.87. The Morgan fingerprint density at radius 2 is 1.90 bits per heavy atom. The lowest BCUT2D eigenvalue weighted by Gasteiger charge is -2.42. The summed E-state index contributed by atoms with van der Waals surface area (Å²) >= 11 is 6.05. The molecule has 1 aromatic carbocycles. The summed E-state index contributed by atoms with van der Waals surface area (Å²) in [4.78, 5) is 20.0. The van der Waals surface area contributed by atoms with Gasteiger partial charge in [-0.05, 0) is 37.5 Å². The molecule has 7 heteroatoms. The van der Waals surface area contributed by atoms with Gasteiger partial charge in [-0.25, -0.2) is 9.50 Å². The molecule has 0 radical (unpaired) electrons. The quantitative estimate of drug-likeness (QED) is 0.669. The zero-order chi connectivity index (χ0) is 21.7. The highest BCUT2D eigenvalue weighted by Gasteiger charge is 2.35. The highest BCUT2D eigenvalue weighted by Crippen LogP contribution is 2.30. The average molecular weight is 426 g/mol. The van der Waals surface area contributed by atoms with Gasteiger partial charge in [0.1, 0.15) is 5.69 Å². The fourth-order valence-corrected chi connectivity index (χ4v) is 4.02. The lowest BCUT2D eigenvalue weighted by molar-refractivity contribution is 0.0472. The van der Waals surface area contributed by atoms with Crippen LogP contribution in [0.15, 0.2) is 36.5 Å². The predicted octanol–water partition coefficient (Wildman–Crippen LogP) is 4.17. The number of nitrogens with one attached hydrogen (secondary N) is 1. The molecular formula is C23H28ClN5O. The van der Waals surface area contributed by atoms with E-state index < -0.39 is 0 Å². The molecule has 0 unspecified atom stereocenters. The molecule has 2 aromatic heterocycles. The Bertz CT molecular complexity index is 1100. The van der Waals surface area contributed by atoms with Crippen molar-refractivity contribution < 1.29 is 4.79 Å². The lowest BCUT2D eigenvalue weighted by Crippen LogP contribution is -2.59. The molecule has 4 rings (SSSR count). The van der Waals surface area contributed by atoms with Crippen molar-refractivity contribution in [2.45, 2.75) is 45.6 Å². The molecule has 0 atom stereocenters. The number of hydrogen-bond acceptors (Lipinski definition) is 4. The number of imidazole rings is 1. The van der Waals surface area contributed by atoms with E-state index in [4.69, 9.17) is 21.7 Å². The third-order valence-corrected chi connectivity index (χ3v) is 5.89. The van der Waals surface area contributed by atoms with Gasteiger partial charge in [-0.3, -0.25) is 4.79 Å². The number of carbonyl (C=O) groups is 1. The van der Waals surface area contributed by atoms with Crippen LogP contribution in [0.5, 0.6) is 0 Å². The van der Waals surface area contributed by atoms with Gasteiger partial charge < -0.3 is 10.2 Å². The maximum atomic E-state index is 13.3. The second-order valence-electron chi connectivity index (χ2n) is 9.54. The van der Waals surface area contributed by atoms with Crippen LogP contribution in [-0.2, 0) is 5.41 Å². The number of fused-ring (bicyclic) bond motifs is 1. The van der Waals surface area contributed by atoms with Crippen LogP contribution in [0, 0.1) is 0 Å². The summed E-state index contributed by atoms with van der Waals surface area (Å²) in [6, 6.07) is 9.68. The van der Waals surface area contributed by atoms with Crippen molar-refractivity contribution >= 4 is 23.2 Å². The van der Waals surface area contributed by atoms with E-state index in [-0.39, 0.29) is 16.9 Å². The Morgan fingerprint density at radius 3 is 2.53 bits per heavy atom. The van der Waals surface area contributed by atoms with Crippen molar-refractivity contribution in [3.8, 4) is 11.3 Å². The first-order chi connectivity index (χ1) is 14.1. The third kappa shape index (κ3) is 3.82. The van der Waals surface area contributed by atoms with E-state index in [1.165, 1.54) is 0 Å². The van der Waals surface area contributed by atoms with Crippen molar-refractivity contribution in [2.75, 3.05) is 19.6 Å². The molecule has 1 aliphatic rings. The maximum absolute atomic E-state index is 13.3. The highest BCUT2D eigenvalue weighted by atomic mass is 35.5. The minimum Gasteiger partial charge on any atom is -0.330 e. The Hall–Kier alpha value is -2.44. The number of benzene rings is 1. The van der Waals surface area contributed by atoms with Gasteiger partial charge in [-0.1, -0.05) is 44.5 Å². The summed E-state index contributed by atoms with van der Waals surface area (Å²) < 4.78 is 1.74. The summed E-state index contributed by atoms with van der Waals surface area (Å²) in [5.41, 5.74) is 3.55. The summed E-state index contributed by atoms with van der Waals surface area (Å²) in [5, 5.41) is 8.80. The van der Waals surface area contributed by atoms with E-state index in [1.807, 2.05) is 29.2 Å². The number of piperazine rings is 1. The molecule has 1 amide bonds. The normalized spacial score (nSPS) is 16.8. The molecule has 0 saturated carbocycles. The minimum absolute atomic E-state index is 0.0556. The minimum atomic E-state index is -0.264. The topological polar surface area (TPSA) is 62.5 Å². The van der Waals surface area contributed by atoms with Crippen LogP contribution in [0.25, 0.3) is 16.9 Å². The molecule has 0 aliphatic carbocycles. The standard InChI is InChI=1S/C23H28ClN5O/c1-22(2,3)17-12-18(15-6-8-16(24)9-7-15)27-29-13-19(26-20(17)29)21(30)28-11-10-25-14-23(28,4)5/h6-9,12-13,25H,10-11,14H2,1-5H3. The molecule has 1 fully saturated rings. The number of hydrogen-bond donors (Lipinski definition) is 1. The maximum Gasteiger partial charge on any atom is 0.274 e. The fraction of sp³-hybridized carbons (Fsp3) is 0.435. The molecule has 6 nitrogen and oxygen atoms in total. The van der Waals surface area contributed by atoms with Gasteiger partial charge in [0.25, 0.3) is 5.91 Å².